The molecule has 1 aromatic carbocycles. The maximum Gasteiger partial charge on any atom is 0.154 e. The predicted octanol–water partition coefficient (Wildman–Crippen LogP) is 4.05. The van der Waals surface area contributed by atoms with Crippen LogP contribution in [0.5, 0.6) is 0 Å². The molecule has 1 atom stereocenters. The number of aryl methyl sites for hydroxylation is 5. The fraction of sp³-hybridized carbons (Fsp3) is 0.429. The number of nitrogens with one attached hydrogen (secondary N) is 1. The summed E-state index contributed by atoms with van der Waals surface area (Å²) in [6.07, 6.45) is 2.96. The van der Waals surface area contributed by atoms with Crippen molar-refractivity contribution >= 4 is 16.9 Å². The van der Waals surface area contributed by atoms with E-state index in [1.165, 1.54) is 22.3 Å². The fourth-order valence-corrected chi connectivity index (χ4v) is 3.77. The van der Waals surface area contributed by atoms with Gasteiger partial charge in [-0.1, -0.05) is 24.6 Å². The Morgan fingerprint density at radius 2 is 1.77 bits per heavy atom. The van der Waals surface area contributed by atoms with Crippen molar-refractivity contribution in [3.05, 3.63) is 40.8 Å². The number of anilines is 1. The van der Waals surface area contributed by atoms with Gasteiger partial charge in [-0.25, -0.2) is 9.97 Å². The normalized spacial score (nSPS) is 12.6. The van der Waals surface area contributed by atoms with E-state index < -0.39 is 0 Å². The lowest BCUT2D eigenvalue weighted by Gasteiger charge is -2.16. The molecule has 5 heteroatoms. The van der Waals surface area contributed by atoms with Gasteiger partial charge in [-0.05, 0) is 50.8 Å². The molecule has 3 aromatic rings. The van der Waals surface area contributed by atoms with Gasteiger partial charge in [-0.2, -0.15) is 0 Å². The zero-order valence-corrected chi connectivity index (χ0v) is 16.5. The second-order valence-electron chi connectivity index (χ2n) is 7.18. The minimum Gasteiger partial charge on any atom is -0.394 e. The summed E-state index contributed by atoms with van der Waals surface area (Å²) in [5, 5.41) is 13.0. The lowest BCUT2D eigenvalue weighted by Crippen LogP contribution is -2.24. The van der Waals surface area contributed by atoms with Gasteiger partial charge in [0.05, 0.1) is 12.6 Å². The lowest BCUT2D eigenvalue weighted by atomic mass is 9.95. The molecule has 0 radical (unpaired) electrons. The fourth-order valence-electron chi connectivity index (χ4n) is 3.77. The Labute approximate surface area is 155 Å². The average molecular weight is 352 g/mol. The van der Waals surface area contributed by atoms with Crippen LogP contribution in [0.1, 0.15) is 35.9 Å². The van der Waals surface area contributed by atoms with Crippen molar-refractivity contribution in [1.29, 1.82) is 0 Å². The number of aliphatic hydroxyl groups is 1. The number of hydrogen-bond acceptors (Lipinski definition) is 4. The van der Waals surface area contributed by atoms with E-state index in [1.807, 2.05) is 14.0 Å². The molecule has 3 rings (SSSR count). The van der Waals surface area contributed by atoms with Gasteiger partial charge in [0.1, 0.15) is 16.9 Å². The maximum atomic E-state index is 9.57. The quantitative estimate of drug-likeness (QED) is 0.727. The van der Waals surface area contributed by atoms with Crippen LogP contribution in [-0.2, 0) is 7.05 Å². The highest BCUT2D eigenvalue weighted by Crippen LogP contribution is 2.36. The molecule has 2 heterocycles. The standard InChI is InChI=1S/C21H28N4O/c1-7-16(11-26)24-21-20-19(22-15(5)23-21)17(10-25(20)6)18-13(3)8-12(2)9-14(18)4/h8-10,16,26H,7,11H2,1-6H3,(H,22,23,24). The lowest BCUT2D eigenvalue weighted by molar-refractivity contribution is 0.271. The molecule has 2 aromatic heterocycles. The van der Waals surface area contributed by atoms with Crippen molar-refractivity contribution in [3.8, 4) is 11.1 Å². The van der Waals surface area contributed by atoms with E-state index in [1.54, 1.807) is 0 Å². The summed E-state index contributed by atoms with van der Waals surface area (Å²) in [5.41, 5.74) is 8.06. The van der Waals surface area contributed by atoms with Crippen LogP contribution in [0.15, 0.2) is 18.3 Å². The van der Waals surface area contributed by atoms with Gasteiger partial charge < -0.3 is 15.0 Å². The van der Waals surface area contributed by atoms with Crippen LogP contribution in [0, 0.1) is 27.7 Å². The van der Waals surface area contributed by atoms with Gasteiger partial charge in [-0.15, -0.1) is 0 Å². The molecule has 0 bridgehead atoms. The molecule has 0 amide bonds. The summed E-state index contributed by atoms with van der Waals surface area (Å²) in [7, 11) is 2.02. The number of fused-ring (bicyclic) bond motifs is 1. The highest BCUT2D eigenvalue weighted by molar-refractivity contribution is 5.99. The largest absolute Gasteiger partial charge is 0.394 e. The topological polar surface area (TPSA) is 63.0 Å². The van der Waals surface area contributed by atoms with E-state index in [0.29, 0.717) is 0 Å². The Morgan fingerprint density at radius 1 is 1.12 bits per heavy atom. The minimum atomic E-state index is -0.0197. The molecular formula is C21H28N4O. The number of aromatic nitrogens is 3. The van der Waals surface area contributed by atoms with E-state index >= 15 is 0 Å². The molecule has 0 fully saturated rings. The van der Waals surface area contributed by atoms with E-state index in [4.69, 9.17) is 4.98 Å². The molecule has 1 unspecified atom stereocenters. The molecule has 0 aliphatic heterocycles. The summed E-state index contributed by atoms with van der Waals surface area (Å²) in [4.78, 5) is 9.37. The van der Waals surface area contributed by atoms with Crippen LogP contribution in [0.3, 0.4) is 0 Å². The summed E-state index contributed by atoms with van der Waals surface area (Å²) >= 11 is 0. The Kier molecular flexibility index (Phi) is 5.01. The Bertz CT molecular complexity index is 931. The SMILES string of the molecule is CCC(CO)Nc1nc(C)nc2c(-c3c(C)cc(C)cc3C)cn(C)c12. The smallest absolute Gasteiger partial charge is 0.154 e. The summed E-state index contributed by atoms with van der Waals surface area (Å²) in [6.45, 7) is 10.5. The molecule has 0 aliphatic rings. The predicted molar refractivity (Wildman–Crippen MR) is 108 cm³/mol. The van der Waals surface area contributed by atoms with Crippen molar-refractivity contribution in [1.82, 2.24) is 14.5 Å². The van der Waals surface area contributed by atoms with Gasteiger partial charge in [0.25, 0.3) is 0 Å². The number of aliphatic hydroxyl groups excluding tert-OH is 1. The highest BCUT2D eigenvalue weighted by atomic mass is 16.3. The number of rotatable bonds is 5. The Hall–Kier alpha value is -2.40. The molecule has 138 valence electrons. The first kappa shape index (κ1) is 18.4. The molecule has 26 heavy (non-hydrogen) atoms. The summed E-state index contributed by atoms with van der Waals surface area (Å²) < 4.78 is 2.08. The number of benzene rings is 1. The van der Waals surface area contributed by atoms with E-state index in [0.717, 1.165) is 34.7 Å². The molecule has 0 spiro atoms. The van der Waals surface area contributed by atoms with E-state index in [2.05, 4.69) is 60.9 Å². The number of hydrogen-bond donors (Lipinski definition) is 2. The van der Waals surface area contributed by atoms with Crippen LogP contribution < -0.4 is 5.32 Å². The zero-order valence-electron chi connectivity index (χ0n) is 16.5. The summed E-state index contributed by atoms with van der Waals surface area (Å²) in [5.74, 6) is 1.51. The molecule has 0 saturated heterocycles. The maximum absolute atomic E-state index is 9.57. The molecule has 5 nitrogen and oxygen atoms in total. The Morgan fingerprint density at radius 3 is 2.35 bits per heavy atom. The van der Waals surface area contributed by atoms with Crippen LogP contribution in [0.2, 0.25) is 0 Å². The number of nitrogens with zero attached hydrogens (tertiary/aromatic N) is 3. The highest BCUT2D eigenvalue weighted by Gasteiger charge is 2.19. The second kappa shape index (κ2) is 7.08. The van der Waals surface area contributed by atoms with Crippen LogP contribution >= 0.6 is 0 Å². The third-order valence-electron chi connectivity index (χ3n) is 4.93. The Balaban J connectivity index is 2.26. The first-order chi connectivity index (χ1) is 12.3. The van der Waals surface area contributed by atoms with Crippen molar-refractivity contribution in [3.63, 3.8) is 0 Å². The molecule has 0 saturated carbocycles. The first-order valence-corrected chi connectivity index (χ1v) is 9.15. The molecular weight excluding hydrogens is 324 g/mol. The van der Waals surface area contributed by atoms with Gasteiger partial charge in [-0.3, -0.25) is 0 Å². The van der Waals surface area contributed by atoms with E-state index in [-0.39, 0.29) is 12.6 Å². The van der Waals surface area contributed by atoms with Crippen LogP contribution in [0.4, 0.5) is 5.82 Å². The van der Waals surface area contributed by atoms with Crippen molar-refractivity contribution in [2.45, 2.75) is 47.1 Å². The van der Waals surface area contributed by atoms with Crippen LogP contribution in [0.25, 0.3) is 22.2 Å². The van der Waals surface area contributed by atoms with Gasteiger partial charge in [0.2, 0.25) is 0 Å². The van der Waals surface area contributed by atoms with Gasteiger partial charge in [0.15, 0.2) is 5.82 Å². The van der Waals surface area contributed by atoms with Crippen LogP contribution in [-0.4, -0.2) is 32.3 Å². The summed E-state index contributed by atoms with van der Waals surface area (Å²) in [6, 6.07) is 4.41. The zero-order chi connectivity index (χ0) is 19.0. The van der Waals surface area contributed by atoms with Crippen molar-refractivity contribution in [2.24, 2.45) is 7.05 Å². The monoisotopic (exact) mass is 352 g/mol. The average Bonchev–Trinajstić information content (AvgIpc) is 2.88. The van der Waals surface area contributed by atoms with Gasteiger partial charge >= 0.3 is 0 Å². The first-order valence-electron chi connectivity index (χ1n) is 9.15. The molecule has 0 aliphatic carbocycles. The minimum absolute atomic E-state index is 0.0197. The second-order valence-corrected chi connectivity index (χ2v) is 7.18. The van der Waals surface area contributed by atoms with Crippen molar-refractivity contribution in [2.75, 3.05) is 11.9 Å². The third-order valence-corrected chi connectivity index (χ3v) is 4.93. The molecule has 2 N–H and O–H groups in total. The van der Waals surface area contributed by atoms with Crippen molar-refractivity contribution < 1.29 is 5.11 Å². The third kappa shape index (κ3) is 3.19. The van der Waals surface area contributed by atoms with E-state index in [9.17, 15) is 5.11 Å². The van der Waals surface area contributed by atoms with Gasteiger partial charge in [0, 0.05) is 18.8 Å².